The zero-order valence-corrected chi connectivity index (χ0v) is 11.3. The van der Waals surface area contributed by atoms with E-state index in [9.17, 15) is 0 Å². The highest BCUT2D eigenvalue weighted by Gasteiger charge is 2.26. The van der Waals surface area contributed by atoms with Crippen molar-refractivity contribution in [3.05, 3.63) is 23.9 Å². The maximum absolute atomic E-state index is 4.58. The van der Waals surface area contributed by atoms with E-state index in [0.717, 1.165) is 31.2 Å². The second-order valence-corrected chi connectivity index (χ2v) is 5.61. The number of nitrogens with zero attached hydrogens (tertiary/aromatic N) is 3. The molecular weight excluding hydrogens is 222 g/mol. The third-order valence-corrected chi connectivity index (χ3v) is 4.13. The van der Waals surface area contributed by atoms with Gasteiger partial charge in [-0.25, -0.2) is 4.98 Å². The minimum absolute atomic E-state index is 1.01. The number of pyridine rings is 1. The van der Waals surface area contributed by atoms with Gasteiger partial charge < -0.3 is 4.90 Å². The van der Waals surface area contributed by atoms with Crippen molar-refractivity contribution >= 4 is 5.82 Å². The van der Waals surface area contributed by atoms with E-state index in [-0.39, 0.29) is 0 Å². The number of hydrogen-bond acceptors (Lipinski definition) is 3. The van der Waals surface area contributed by atoms with Crippen molar-refractivity contribution in [1.82, 2.24) is 9.88 Å². The monoisotopic (exact) mass is 245 g/mol. The van der Waals surface area contributed by atoms with Crippen molar-refractivity contribution in [2.24, 2.45) is 5.92 Å². The average molecular weight is 245 g/mol. The van der Waals surface area contributed by atoms with Crippen LogP contribution in [-0.2, 0) is 6.42 Å². The van der Waals surface area contributed by atoms with Gasteiger partial charge in [0, 0.05) is 38.9 Å². The molecule has 3 rings (SSSR count). The highest BCUT2D eigenvalue weighted by Crippen LogP contribution is 2.30. The van der Waals surface area contributed by atoms with Gasteiger partial charge >= 0.3 is 0 Å². The van der Waals surface area contributed by atoms with Crippen molar-refractivity contribution in [2.45, 2.75) is 26.2 Å². The lowest BCUT2D eigenvalue weighted by Gasteiger charge is -2.35. The first kappa shape index (κ1) is 12.0. The summed E-state index contributed by atoms with van der Waals surface area (Å²) in [7, 11) is 0. The molecule has 1 saturated heterocycles. The Kier molecular flexibility index (Phi) is 3.50. The SMILES string of the molecule is CCc1ccc(N2CCN(CC3CC3)CC2)nc1. The average Bonchev–Trinajstić information content (AvgIpc) is 3.24. The van der Waals surface area contributed by atoms with Gasteiger partial charge in [0.05, 0.1) is 0 Å². The van der Waals surface area contributed by atoms with Crippen molar-refractivity contribution in [1.29, 1.82) is 0 Å². The standard InChI is InChI=1S/C15H23N3/c1-2-13-5-6-15(16-11-13)18-9-7-17(8-10-18)12-14-3-4-14/h5-6,11,14H,2-4,7-10,12H2,1H3. The lowest BCUT2D eigenvalue weighted by molar-refractivity contribution is 0.247. The van der Waals surface area contributed by atoms with Gasteiger partial charge in [-0.1, -0.05) is 13.0 Å². The summed E-state index contributed by atoms with van der Waals surface area (Å²) >= 11 is 0. The van der Waals surface area contributed by atoms with Gasteiger partial charge in [0.15, 0.2) is 0 Å². The summed E-state index contributed by atoms with van der Waals surface area (Å²) < 4.78 is 0. The van der Waals surface area contributed by atoms with Crippen LogP contribution in [0.25, 0.3) is 0 Å². The predicted octanol–water partition coefficient (Wildman–Crippen LogP) is 2.18. The molecule has 2 heterocycles. The van der Waals surface area contributed by atoms with Crippen molar-refractivity contribution < 1.29 is 0 Å². The molecule has 3 nitrogen and oxygen atoms in total. The Morgan fingerprint density at radius 2 is 1.94 bits per heavy atom. The first-order valence-electron chi connectivity index (χ1n) is 7.27. The Hall–Kier alpha value is -1.09. The minimum Gasteiger partial charge on any atom is -0.354 e. The van der Waals surface area contributed by atoms with E-state index in [0.29, 0.717) is 0 Å². The van der Waals surface area contributed by atoms with Crippen LogP contribution in [0.3, 0.4) is 0 Å². The summed E-state index contributed by atoms with van der Waals surface area (Å²) in [4.78, 5) is 9.62. The van der Waals surface area contributed by atoms with E-state index >= 15 is 0 Å². The van der Waals surface area contributed by atoms with Gasteiger partial charge in [-0.15, -0.1) is 0 Å². The third-order valence-electron chi connectivity index (χ3n) is 4.13. The first-order chi connectivity index (χ1) is 8.85. The van der Waals surface area contributed by atoms with E-state index in [1.807, 2.05) is 6.20 Å². The predicted molar refractivity (Wildman–Crippen MR) is 75.0 cm³/mol. The zero-order valence-electron chi connectivity index (χ0n) is 11.3. The second kappa shape index (κ2) is 5.27. The van der Waals surface area contributed by atoms with Crippen LogP contribution in [0.5, 0.6) is 0 Å². The maximum Gasteiger partial charge on any atom is 0.128 e. The van der Waals surface area contributed by atoms with Crippen LogP contribution in [0, 0.1) is 5.92 Å². The highest BCUT2D eigenvalue weighted by atomic mass is 15.3. The summed E-state index contributed by atoms with van der Waals surface area (Å²) in [5.74, 6) is 2.16. The Balaban J connectivity index is 1.54. The molecule has 1 aliphatic heterocycles. The van der Waals surface area contributed by atoms with E-state index in [1.165, 1.54) is 38.0 Å². The van der Waals surface area contributed by atoms with Gasteiger partial charge in [0.1, 0.15) is 5.82 Å². The van der Waals surface area contributed by atoms with Gasteiger partial charge in [-0.3, -0.25) is 4.90 Å². The fourth-order valence-corrected chi connectivity index (χ4v) is 2.64. The van der Waals surface area contributed by atoms with Crippen LogP contribution in [0.15, 0.2) is 18.3 Å². The highest BCUT2D eigenvalue weighted by molar-refractivity contribution is 5.39. The van der Waals surface area contributed by atoms with E-state index in [4.69, 9.17) is 0 Å². The minimum atomic E-state index is 1.01. The van der Waals surface area contributed by atoms with Gasteiger partial charge in [0.25, 0.3) is 0 Å². The van der Waals surface area contributed by atoms with Crippen molar-refractivity contribution in [3.63, 3.8) is 0 Å². The first-order valence-corrected chi connectivity index (χ1v) is 7.27. The summed E-state index contributed by atoms with van der Waals surface area (Å²) in [6.45, 7) is 8.17. The second-order valence-electron chi connectivity index (χ2n) is 5.61. The molecule has 1 aliphatic carbocycles. The molecule has 0 bridgehead atoms. The topological polar surface area (TPSA) is 19.4 Å². The number of aromatic nitrogens is 1. The van der Waals surface area contributed by atoms with Gasteiger partial charge in [0.2, 0.25) is 0 Å². The Morgan fingerprint density at radius 3 is 2.50 bits per heavy atom. The molecule has 0 amide bonds. The molecule has 3 heteroatoms. The molecule has 0 aromatic carbocycles. The summed E-state index contributed by atoms with van der Waals surface area (Å²) in [6.07, 6.45) is 6.01. The Bertz CT molecular complexity index is 375. The quantitative estimate of drug-likeness (QED) is 0.810. The number of anilines is 1. The molecule has 0 atom stereocenters. The molecule has 0 spiro atoms. The molecule has 0 N–H and O–H groups in total. The normalized spacial score (nSPS) is 21.3. The molecule has 18 heavy (non-hydrogen) atoms. The number of rotatable bonds is 4. The lowest BCUT2D eigenvalue weighted by atomic mass is 10.2. The summed E-state index contributed by atoms with van der Waals surface area (Å²) in [6, 6.07) is 4.38. The van der Waals surface area contributed by atoms with E-state index in [1.54, 1.807) is 0 Å². The fourth-order valence-electron chi connectivity index (χ4n) is 2.64. The smallest absolute Gasteiger partial charge is 0.128 e. The molecule has 2 fully saturated rings. The van der Waals surface area contributed by atoms with Gasteiger partial charge in [-0.05, 0) is 36.8 Å². The molecule has 0 radical (unpaired) electrons. The van der Waals surface area contributed by atoms with Crippen molar-refractivity contribution in [3.8, 4) is 0 Å². The summed E-state index contributed by atoms with van der Waals surface area (Å²) in [5, 5.41) is 0. The Labute approximate surface area is 110 Å². The van der Waals surface area contributed by atoms with Crippen molar-refractivity contribution in [2.75, 3.05) is 37.6 Å². The fraction of sp³-hybridized carbons (Fsp3) is 0.667. The molecule has 1 saturated carbocycles. The number of hydrogen-bond donors (Lipinski definition) is 0. The molecule has 0 unspecified atom stereocenters. The maximum atomic E-state index is 4.58. The molecule has 2 aliphatic rings. The number of piperazine rings is 1. The summed E-state index contributed by atoms with van der Waals surface area (Å²) in [5.41, 5.74) is 1.33. The third kappa shape index (κ3) is 2.83. The molecule has 1 aromatic heterocycles. The van der Waals surface area contributed by atoms with Crippen LogP contribution in [0.1, 0.15) is 25.3 Å². The van der Waals surface area contributed by atoms with Crippen LogP contribution < -0.4 is 4.90 Å². The van der Waals surface area contributed by atoms with Crippen LogP contribution in [0.4, 0.5) is 5.82 Å². The molecular formula is C15H23N3. The Morgan fingerprint density at radius 1 is 1.17 bits per heavy atom. The largest absolute Gasteiger partial charge is 0.354 e. The zero-order chi connectivity index (χ0) is 12.4. The van der Waals surface area contributed by atoms with Gasteiger partial charge in [-0.2, -0.15) is 0 Å². The van der Waals surface area contributed by atoms with E-state index in [2.05, 4.69) is 33.8 Å². The van der Waals surface area contributed by atoms with Crippen LogP contribution in [-0.4, -0.2) is 42.6 Å². The molecule has 98 valence electrons. The van der Waals surface area contributed by atoms with E-state index < -0.39 is 0 Å². The number of aryl methyl sites for hydroxylation is 1. The van der Waals surface area contributed by atoms with Crippen LogP contribution in [0.2, 0.25) is 0 Å². The van der Waals surface area contributed by atoms with Crippen LogP contribution >= 0.6 is 0 Å². The lowest BCUT2D eigenvalue weighted by Crippen LogP contribution is -2.47. The molecule has 1 aromatic rings.